The fourth-order valence-electron chi connectivity index (χ4n) is 4.85. The normalized spacial score (nSPS) is 16.3. The van der Waals surface area contributed by atoms with Gasteiger partial charge in [0.1, 0.15) is 34.5 Å². The molecule has 2 heterocycles. The summed E-state index contributed by atoms with van der Waals surface area (Å²) in [6.45, 7) is 4.17. The Kier molecular flexibility index (Phi) is 7.52. The number of aryl methyl sites for hydroxylation is 2. The lowest BCUT2D eigenvalue weighted by Crippen LogP contribution is -2.04. The van der Waals surface area contributed by atoms with Crippen LogP contribution in [0.2, 0.25) is 0 Å². The van der Waals surface area contributed by atoms with E-state index in [4.69, 9.17) is 18.9 Å². The zero-order chi connectivity index (χ0) is 29.1. The Morgan fingerprint density at radius 1 is 0.381 bits per heavy atom. The molecule has 0 saturated heterocycles. The molecule has 0 amide bonds. The van der Waals surface area contributed by atoms with Gasteiger partial charge in [-0.25, -0.2) is 0 Å². The lowest BCUT2D eigenvalue weighted by Gasteiger charge is -2.23. The van der Waals surface area contributed by atoms with Crippen LogP contribution in [0.25, 0.3) is 23.0 Å². The van der Waals surface area contributed by atoms with Crippen molar-refractivity contribution in [3.63, 3.8) is 0 Å². The van der Waals surface area contributed by atoms with E-state index in [1.165, 1.54) is 11.1 Å². The average Bonchev–Trinajstić information content (AvgIpc) is 3.05. The smallest absolute Gasteiger partial charge is 0.135 e. The van der Waals surface area contributed by atoms with E-state index in [0.717, 1.165) is 67.9 Å². The van der Waals surface area contributed by atoms with Crippen LogP contribution in [0, 0.1) is 13.8 Å². The van der Waals surface area contributed by atoms with Gasteiger partial charge in [0.2, 0.25) is 0 Å². The molecule has 0 N–H and O–H groups in total. The monoisotopic (exact) mass is 552 g/mol. The van der Waals surface area contributed by atoms with E-state index >= 15 is 0 Å². The molecule has 0 aromatic heterocycles. The zero-order valence-corrected chi connectivity index (χ0v) is 24.2. The Bertz CT molecular complexity index is 1610. The number of rotatable bonds is 6. The molecule has 0 bridgehead atoms. The minimum atomic E-state index is 0.759. The van der Waals surface area contributed by atoms with Crippen LogP contribution in [0.1, 0.15) is 33.4 Å². The van der Waals surface area contributed by atoms with Gasteiger partial charge < -0.3 is 18.9 Å². The molecule has 4 nitrogen and oxygen atoms in total. The van der Waals surface area contributed by atoms with E-state index in [9.17, 15) is 0 Å². The van der Waals surface area contributed by atoms with Crippen LogP contribution in [-0.2, 0) is 9.47 Å². The summed E-state index contributed by atoms with van der Waals surface area (Å²) >= 11 is 0. The third kappa shape index (κ3) is 5.79. The molecule has 2 aliphatic heterocycles. The number of benzene rings is 4. The zero-order valence-electron chi connectivity index (χ0n) is 24.2. The Morgan fingerprint density at radius 3 is 0.905 bits per heavy atom. The maximum absolute atomic E-state index is 6.52. The summed E-state index contributed by atoms with van der Waals surface area (Å²) in [5, 5.41) is 0. The van der Waals surface area contributed by atoms with Crippen LogP contribution >= 0.6 is 0 Å². The summed E-state index contributed by atoms with van der Waals surface area (Å²) in [4.78, 5) is 0. The average molecular weight is 553 g/mol. The molecule has 4 aromatic rings. The highest BCUT2D eigenvalue weighted by Crippen LogP contribution is 2.38. The van der Waals surface area contributed by atoms with E-state index in [2.05, 4.69) is 86.7 Å². The minimum Gasteiger partial charge on any atom is -0.497 e. The van der Waals surface area contributed by atoms with Crippen molar-refractivity contribution in [1.82, 2.24) is 0 Å². The molecule has 4 heteroatoms. The van der Waals surface area contributed by atoms with Crippen molar-refractivity contribution in [3.8, 4) is 11.5 Å². The van der Waals surface area contributed by atoms with Gasteiger partial charge in [-0.15, -0.1) is 0 Å². The van der Waals surface area contributed by atoms with E-state index in [0.29, 0.717) is 0 Å². The van der Waals surface area contributed by atoms with Crippen LogP contribution in [0.15, 0.2) is 133 Å². The second-order valence-corrected chi connectivity index (χ2v) is 10.3. The van der Waals surface area contributed by atoms with Gasteiger partial charge in [-0.05, 0) is 97.8 Å². The van der Waals surface area contributed by atoms with Gasteiger partial charge in [-0.3, -0.25) is 0 Å². The Morgan fingerprint density at radius 2 is 0.643 bits per heavy atom. The van der Waals surface area contributed by atoms with Gasteiger partial charge in [0.05, 0.1) is 14.2 Å². The fourth-order valence-corrected chi connectivity index (χ4v) is 4.85. The van der Waals surface area contributed by atoms with E-state index < -0.39 is 0 Å². The van der Waals surface area contributed by atoms with Crippen molar-refractivity contribution < 1.29 is 18.9 Å². The van der Waals surface area contributed by atoms with Gasteiger partial charge in [-0.2, -0.15) is 0 Å². The van der Waals surface area contributed by atoms with E-state index in [1.54, 1.807) is 14.2 Å². The van der Waals surface area contributed by atoms with Crippen LogP contribution in [0.3, 0.4) is 0 Å². The van der Waals surface area contributed by atoms with Gasteiger partial charge in [0, 0.05) is 22.3 Å². The highest BCUT2D eigenvalue weighted by Gasteiger charge is 2.21. The Labute approximate surface area is 247 Å². The van der Waals surface area contributed by atoms with Crippen molar-refractivity contribution in [2.24, 2.45) is 0 Å². The molecule has 2 aliphatic rings. The number of hydrogen-bond donors (Lipinski definition) is 0. The predicted octanol–water partition coefficient (Wildman–Crippen LogP) is 9.14. The van der Waals surface area contributed by atoms with Crippen LogP contribution in [-0.4, -0.2) is 14.2 Å². The Balaban J connectivity index is 1.53. The number of ether oxygens (including phenoxy) is 4. The molecule has 6 rings (SSSR count). The van der Waals surface area contributed by atoms with Crippen LogP contribution < -0.4 is 9.47 Å². The first kappa shape index (κ1) is 27.0. The third-order valence-electron chi connectivity index (χ3n) is 7.34. The SMILES string of the molecule is COc1ccc(C2=C/C(=C3/C=C(c4ccc(C)cc4)OC(c4ccc(OC)cc4)=C3)C=C(c3ccc(C)cc3)O2)cc1. The molecule has 4 aromatic carbocycles. The third-order valence-corrected chi connectivity index (χ3v) is 7.34. The molecule has 0 atom stereocenters. The molecule has 0 aliphatic carbocycles. The molecule has 0 unspecified atom stereocenters. The van der Waals surface area contributed by atoms with Crippen LogP contribution in [0.4, 0.5) is 0 Å². The highest BCUT2D eigenvalue weighted by molar-refractivity contribution is 5.83. The van der Waals surface area contributed by atoms with Crippen molar-refractivity contribution in [2.75, 3.05) is 14.2 Å². The van der Waals surface area contributed by atoms with E-state index in [-0.39, 0.29) is 0 Å². The maximum Gasteiger partial charge on any atom is 0.135 e. The summed E-state index contributed by atoms with van der Waals surface area (Å²) in [7, 11) is 3.34. The molecular formula is C38H32O4. The molecule has 0 radical (unpaired) electrons. The number of hydrogen-bond acceptors (Lipinski definition) is 4. The van der Waals surface area contributed by atoms with Gasteiger partial charge in [-0.1, -0.05) is 59.7 Å². The largest absolute Gasteiger partial charge is 0.497 e. The molecular weight excluding hydrogens is 520 g/mol. The number of methoxy groups -OCH3 is 2. The second-order valence-electron chi connectivity index (χ2n) is 10.3. The molecule has 0 fully saturated rings. The molecule has 0 saturated carbocycles. The first-order chi connectivity index (χ1) is 20.5. The maximum atomic E-state index is 6.52. The summed E-state index contributed by atoms with van der Waals surface area (Å²) in [6, 6.07) is 32.6. The van der Waals surface area contributed by atoms with Crippen molar-refractivity contribution in [2.45, 2.75) is 13.8 Å². The lowest BCUT2D eigenvalue weighted by molar-refractivity contribution is 0.414. The van der Waals surface area contributed by atoms with E-state index in [1.807, 2.05) is 48.5 Å². The quantitative estimate of drug-likeness (QED) is 0.239. The highest BCUT2D eigenvalue weighted by atomic mass is 16.5. The minimum absolute atomic E-state index is 0.759. The molecule has 0 spiro atoms. The molecule has 42 heavy (non-hydrogen) atoms. The van der Waals surface area contributed by atoms with Crippen molar-refractivity contribution >= 4 is 23.0 Å². The lowest BCUT2D eigenvalue weighted by atomic mass is 9.96. The van der Waals surface area contributed by atoms with Gasteiger partial charge in [0.25, 0.3) is 0 Å². The first-order valence-corrected chi connectivity index (χ1v) is 13.9. The standard InChI is InChI=1S/C38H32O4/c1-25-5-9-27(10-6-25)35-21-31(23-37(41-35)29-13-17-33(39-3)18-14-29)32-22-36(28-11-7-26(2)8-12-28)42-38(24-32)30-15-19-34(40-4)20-16-30/h5-24H,1-4H3/b32-31-. The summed E-state index contributed by atoms with van der Waals surface area (Å²) in [6.07, 6.45) is 8.38. The molecule has 208 valence electrons. The van der Waals surface area contributed by atoms with Crippen molar-refractivity contribution in [3.05, 3.63) is 166 Å². The second kappa shape index (κ2) is 11.7. The van der Waals surface area contributed by atoms with Gasteiger partial charge >= 0.3 is 0 Å². The topological polar surface area (TPSA) is 36.9 Å². The van der Waals surface area contributed by atoms with Crippen molar-refractivity contribution in [1.29, 1.82) is 0 Å². The van der Waals surface area contributed by atoms with Crippen LogP contribution in [0.5, 0.6) is 11.5 Å². The van der Waals surface area contributed by atoms with Gasteiger partial charge in [0.15, 0.2) is 0 Å². The first-order valence-electron chi connectivity index (χ1n) is 13.9. The number of allylic oxidation sites excluding steroid dienone is 6. The summed E-state index contributed by atoms with van der Waals surface area (Å²) in [5.74, 6) is 4.67. The fraction of sp³-hybridized carbons (Fsp3) is 0.105. The summed E-state index contributed by atoms with van der Waals surface area (Å²) in [5.41, 5.74) is 8.35. The predicted molar refractivity (Wildman–Crippen MR) is 169 cm³/mol. The Hall–Kier alpha value is -5.22. The summed E-state index contributed by atoms with van der Waals surface area (Å²) < 4.78 is 23.8.